The molecule has 0 aromatic rings. The van der Waals surface area contributed by atoms with Crippen LogP contribution in [0.3, 0.4) is 0 Å². The third kappa shape index (κ3) is 18.3. The largest absolute Gasteiger partial charge is 0.366 e. The maximum atomic E-state index is 10.3. The van der Waals surface area contributed by atoms with Crippen LogP contribution in [0.25, 0.3) is 0 Å². The molecule has 0 unspecified atom stereocenters. The number of amides is 1. The van der Waals surface area contributed by atoms with Gasteiger partial charge in [0, 0.05) is 5.57 Å². The van der Waals surface area contributed by atoms with Gasteiger partial charge in [-0.05, 0) is 34.0 Å². The van der Waals surface area contributed by atoms with Crippen molar-refractivity contribution in [3.63, 3.8) is 0 Å². The molecule has 0 spiro atoms. The smallest absolute Gasteiger partial charge is 0.244 e. The molecular weight excluding hydrogens is 164 g/mol. The van der Waals surface area contributed by atoms with Crippen LogP contribution in [0.15, 0.2) is 12.2 Å². The number of hydrogen-bond acceptors (Lipinski definition) is 2. The third-order valence-corrected chi connectivity index (χ3v) is 1.18. The molecule has 0 aliphatic rings. The Bertz CT molecular complexity index is 150. The maximum absolute atomic E-state index is 10.3. The van der Waals surface area contributed by atoms with E-state index in [1.54, 1.807) is 0 Å². The number of nitrogens with two attached hydrogens (primary N) is 1. The number of carbonyl (C=O) groups excluding carboxylic acids is 1. The summed E-state index contributed by atoms with van der Waals surface area (Å²) in [6, 6.07) is 0. The van der Waals surface area contributed by atoms with E-state index in [2.05, 4.69) is 13.5 Å². The summed E-state index contributed by atoms with van der Waals surface area (Å²) in [7, 11) is 6.00. The summed E-state index contributed by atoms with van der Waals surface area (Å²) in [5, 5.41) is 0. The van der Waals surface area contributed by atoms with Gasteiger partial charge in [-0.3, -0.25) is 4.79 Å². The average Bonchev–Trinajstić information content (AvgIpc) is 1.98. The minimum absolute atomic E-state index is 0.372. The van der Waals surface area contributed by atoms with Crippen molar-refractivity contribution >= 4 is 5.91 Å². The second kappa shape index (κ2) is 9.26. The van der Waals surface area contributed by atoms with Crippen molar-refractivity contribution in [2.75, 3.05) is 21.1 Å². The third-order valence-electron chi connectivity index (χ3n) is 1.18. The molecule has 0 aromatic carbocycles. The molecule has 3 nitrogen and oxygen atoms in total. The molecule has 0 bridgehead atoms. The van der Waals surface area contributed by atoms with Crippen LogP contribution in [0.5, 0.6) is 0 Å². The number of carbonyl (C=O) groups is 1. The van der Waals surface area contributed by atoms with Crippen molar-refractivity contribution in [1.29, 1.82) is 0 Å². The van der Waals surface area contributed by atoms with Crippen LogP contribution in [-0.2, 0) is 4.79 Å². The van der Waals surface area contributed by atoms with E-state index in [0.29, 0.717) is 5.57 Å². The lowest BCUT2D eigenvalue weighted by atomic mass is 10.1. The molecule has 0 heterocycles. The van der Waals surface area contributed by atoms with Crippen LogP contribution >= 0.6 is 0 Å². The SMILES string of the molecule is C=C(CCCC)C(N)=O.CN(C)C. The minimum atomic E-state index is -0.372. The van der Waals surface area contributed by atoms with Gasteiger partial charge in [0.15, 0.2) is 0 Å². The van der Waals surface area contributed by atoms with Crippen molar-refractivity contribution < 1.29 is 4.79 Å². The summed E-state index contributed by atoms with van der Waals surface area (Å²) in [6.45, 7) is 5.58. The van der Waals surface area contributed by atoms with Gasteiger partial charge in [0.05, 0.1) is 0 Å². The molecule has 0 fully saturated rings. The van der Waals surface area contributed by atoms with E-state index in [4.69, 9.17) is 5.73 Å². The Morgan fingerprint density at radius 2 is 1.77 bits per heavy atom. The highest BCUT2D eigenvalue weighted by atomic mass is 16.1. The minimum Gasteiger partial charge on any atom is -0.366 e. The van der Waals surface area contributed by atoms with E-state index in [-0.39, 0.29) is 5.91 Å². The van der Waals surface area contributed by atoms with Gasteiger partial charge in [0.2, 0.25) is 5.91 Å². The van der Waals surface area contributed by atoms with Crippen LogP contribution in [0, 0.1) is 0 Å². The zero-order valence-electron chi connectivity index (χ0n) is 9.26. The fourth-order valence-electron chi connectivity index (χ4n) is 0.513. The summed E-state index contributed by atoms with van der Waals surface area (Å²) < 4.78 is 0. The molecule has 2 N–H and O–H groups in total. The fourth-order valence-corrected chi connectivity index (χ4v) is 0.513. The first-order valence-corrected chi connectivity index (χ1v) is 4.50. The Labute approximate surface area is 81.6 Å². The summed E-state index contributed by atoms with van der Waals surface area (Å²) in [5.74, 6) is -0.372. The summed E-state index contributed by atoms with van der Waals surface area (Å²) in [5.41, 5.74) is 5.48. The summed E-state index contributed by atoms with van der Waals surface area (Å²) >= 11 is 0. The molecule has 78 valence electrons. The number of hydrogen-bond donors (Lipinski definition) is 1. The van der Waals surface area contributed by atoms with Crippen molar-refractivity contribution in [2.45, 2.75) is 26.2 Å². The molecule has 1 amide bonds. The van der Waals surface area contributed by atoms with Gasteiger partial charge < -0.3 is 10.6 Å². The molecule has 0 saturated heterocycles. The van der Waals surface area contributed by atoms with Crippen LogP contribution in [0.2, 0.25) is 0 Å². The first kappa shape index (κ1) is 14.7. The molecule has 0 rings (SSSR count). The first-order valence-electron chi connectivity index (χ1n) is 4.50. The second-order valence-electron chi connectivity index (χ2n) is 3.41. The molecule has 0 aliphatic carbocycles. The Kier molecular flexibility index (Phi) is 10.5. The topological polar surface area (TPSA) is 46.3 Å². The maximum Gasteiger partial charge on any atom is 0.244 e. The van der Waals surface area contributed by atoms with Gasteiger partial charge >= 0.3 is 0 Å². The molecule has 0 radical (unpaired) electrons. The monoisotopic (exact) mass is 186 g/mol. The molecule has 0 atom stereocenters. The molecule has 0 aliphatic heterocycles. The van der Waals surface area contributed by atoms with E-state index in [9.17, 15) is 4.79 Å². The van der Waals surface area contributed by atoms with E-state index in [1.807, 2.05) is 26.0 Å². The fraction of sp³-hybridized carbons (Fsp3) is 0.700. The van der Waals surface area contributed by atoms with Crippen LogP contribution < -0.4 is 5.73 Å². The van der Waals surface area contributed by atoms with Crippen molar-refractivity contribution in [2.24, 2.45) is 5.73 Å². The predicted molar refractivity (Wildman–Crippen MR) is 57.5 cm³/mol. The number of nitrogens with zero attached hydrogens (tertiary/aromatic N) is 1. The highest BCUT2D eigenvalue weighted by molar-refractivity contribution is 5.91. The highest BCUT2D eigenvalue weighted by Crippen LogP contribution is 2.02. The van der Waals surface area contributed by atoms with Gasteiger partial charge in [0.25, 0.3) is 0 Å². The summed E-state index contributed by atoms with van der Waals surface area (Å²) in [6.07, 6.45) is 2.82. The average molecular weight is 186 g/mol. The lowest BCUT2D eigenvalue weighted by molar-refractivity contribution is -0.114. The predicted octanol–water partition coefficient (Wildman–Crippen LogP) is 1.40. The second-order valence-corrected chi connectivity index (χ2v) is 3.41. The standard InChI is InChI=1S/C7H13NO.C3H9N/c1-3-4-5-6(2)7(8)9;1-4(2)3/h2-5H2,1H3,(H2,8,9);1-3H3. The van der Waals surface area contributed by atoms with E-state index in [1.165, 1.54) is 0 Å². The Morgan fingerprint density at radius 3 is 2.00 bits per heavy atom. The van der Waals surface area contributed by atoms with E-state index >= 15 is 0 Å². The van der Waals surface area contributed by atoms with E-state index in [0.717, 1.165) is 19.3 Å². The first-order chi connectivity index (χ1) is 5.91. The number of primary amides is 1. The Morgan fingerprint density at radius 1 is 1.38 bits per heavy atom. The lowest BCUT2D eigenvalue weighted by Crippen LogP contribution is -2.12. The Balaban J connectivity index is 0. The van der Waals surface area contributed by atoms with Gasteiger partial charge in [-0.1, -0.05) is 19.9 Å². The lowest BCUT2D eigenvalue weighted by Gasteiger charge is -1.96. The van der Waals surface area contributed by atoms with Crippen molar-refractivity contribution in [3.05, 3.63) is 12.2 Å². The molecule has 3 heteroatoms. The van der Waals surface area contributed by atoms with Gasteiger partial charge in [-0.2, -0.15) is 0 Å². The normalized spacial score (nSPS) is 9.00. The van der Waals surface area contributed by atoms with Crippen molar-refractivity contribution in [3.8, 4) is 0 Å². The quantitative estimate of drug-likeness (QED) is 0.674. The number of rotatable bonds is 4. The summed E-state index contributed by atoms with van der Waals surface area (Å²) in [4.78, 5) is 12.3. The van der Waals surface area contributed by atoms with Crippen LogP contribution in [0.1, 0.15) is 26.2 Å². The zero-order valence-corrected chi connectivity index (χ0v) is 9.26. The number of unbranched alkanes of at least 4 members (excludes halogenated alkanes) is 1. The highest BCUT2D eigenvalue weighted by Gasteiger charge is 1.98. The molecule has 0 aromatic heterocycles. The van der Waals surface area contributed by atoms with Crippen molar-refractivity contribution in [1.82, 2.24) is 4.90 Å². The van der Waals surface area contributed by atoms with Gasteiger partial charge in [0.1, 0.15) is 0 Å². The van der Waals surface area contributed by atoms with Gasteiger partial charge in [-0.15, -0.1) is 0 Å². The van der Waals surface area contributed by atoms with E-state index < -0.39 is 0 Å². The zero-order chi connectivity index (χ0) is 10.9. The van der Waals surface area contributed by atoms with Crippen LogP contribution in [-0.4, -0.2) is 32.0 Å². The molecule has 13 heavy (non-hydrogen) atoms. The van der Waals surface area contributed by atoms with Crippen LogP contribution in [0.4, 0.5) is 0 Å². The Hall–Kier alpha value is -0.830. The molecule has 0 saturated carbocycles. The molecular formula is C10H22N2O. The van der Waals surface area contributed by atoms with Gasteiger partial charge in [-0.25, -0.2) is 0 Å².